The van der Waals surface area contributed by atoms with E-state index in [1.165, 1.54) is 24.3 Å². The quantitative estimate of drug-likeness (QED) is 0.809. The summed E-state index contributed by atoms with van der Waals surface area (Å²) in [5.41, 5.74) is 0.497. The van der Waals surface area contributed by atoms with Crippen LogP contribution in [0.3, 0.4) is 0 Å². The first kappa shape index (κ1) is 12.2. The Hall–Kier alpha value is -1.91. The zero-order valence-electron chi connectivity index (χ0n) is 8.92. The number of carbonyl (C=O) groups excluding carboxylic acids is 2. The number of anilines is 1. The van der Waals surface area contributed by atoms with Crippen molar-refractivity contribution < 1.29 is 14.0 Å². The van der Waals surface area contributed by atoms with Crippen molar-refractivity contribution in [3.8, 4) is 0 Å². The molecule has 0 atom stereocenters. The molecule has 2 N–H and O–H groups in total. The molecule has 0 unspecified atom stereocenters. The lowest BCUT2D eigenvalue weighted by Crippen LogP contribution is -2.32. The molecule has 0 radical (unpaired) electrons. The van der Waals surface area contributed by atoms with Gasteiger partial charge in [-0.25, -0.2) is 4.39 Å². The van der Waals surface area contributed by atoms with Gasteiger partial charge in [-0.15, -0.1) is 0 Å². The Labute approximate surface area is 92.8 Å². The minimum Gasteiger partial charge on any atom is -0.347 e. The smallest absolute Gasteiger partial charge is 0.243 e. The lowest BCUT2D eigenvalue weighted by atomic mass is 10.3. The van der Waals surface area contributed by atoms with Crippen LogP contribution in [0.5, 0.6) is 0 Å². The van der Waals surface area contributed by atoms with Crippen molar-refractivity contribution in [1.29, 1.82) is 0 Å². The van der Waals surface area contributed by atoms with Crippen LogP contribution in [0.25, 0.3) is 0 Å². The number of amides is 2. The summed E-state index contributed by atoms with van der Waals surface area (Å²) in [6, 6.07) is 5.41. The highest BCUT2D eigenvalue weighted by Gasteiger charge is 2.04. The molecule has 0 saturated heterocycles. The Morgan fingerprint density at radius 1 is 1.19 bits per heavy atom. The highest BCUT2D eigenvalue weighted by Crippen LogP contribution is 2.07. The Kier molecular flexibility index (Phi) is 4.44. The fourth-order valence-corrected chi connectivity index (χ4v) is 1.04. The van der Waals surface area contributed by atoms with Gasteiger partial charge in [-0.05, 0) is 24.3 Å². The van der Waals surface area contributed by atoms with Gasteiger partial charge < -0.3 is 10.6 Å². The molecule has 5 heteroatoms. The van der Waals surface area contributed by atoms with Gasteiger partial charge in [0.1, 0.15) is 5.82 Å². The van der Waals surface area contributed by atoms with Gasteiger partial charge in [0.25, 0.3) is 0 Å². The first-order chi connectivity index (χ1) is 7.61. The van der Waals surface area contributed by atoms with E-state index in [1.54, 1.807) is 6.92 Å². The van der Waals surface area contributed by atoms with E-state index >= 15 is 0 Å². The first-order valence-electron chi connectivity index (χ1n) is 4.94. The summed E-state index contributed by atoms with van der Waals surface area (Å²) in [7, 11) is 0. The second-order valence-electron chi connectivity index (χ2n) is 3.19. The second-order valence-corrected chi connectivity index (χ2v) is 3.19. The molecule has 0 aliphatic carbocycles. The van der Waals surface area contributed by atoms with Crippen molar-refractivity contribution in [2.24, 2.45) is 0 Å². The summed E-state index contributed by atoms with van der Waals surface area (Å²) in [6.45, 7) is 1.62. The number of nitrogens with one attached hydrogen (secondary N) is 2. The molecule has 0 fully saturated rings. The third-order valence-corrected chi connectivity index (χ3v) is 1.90. The van der Waals surface area contributed by atoms with Crippen LogP contribution in [0.2, 0.25) is 0 Å². The molecule has 1 rings (SSSR count). The molecule has 2 amide bonds. The minimum absolute atomic E-state index is 0.0793. The molecule has 1 aromatic rings. The second kappa shape index (κ2) is 5.85. The standard InChI is InChI=1S/C11H13FN2O2/c1-2-10(15)13-7-11(16)14-9-5-3-8(12)4-6-9/h3-6H,2,7H2,1H3,(H,13,15)(H,14,16). The van der Waals surface area contributed by atoms with Gasteiger partial charge in [0, 0.05) is 12.1 Å². The molecule has 0 spiro atoms. The molecule has 0 aliphatic rings. The number of halogens is 1. The molecule has 16 heavy (non-hydrogen) atoms. The molecule has 86 valence electrons. The van der Waals surface area contributed by atoms with Crippen LogP contribution in [-0.4, -0.2) is 18.4 Å². The van der Waals surface area contributed by atoms with Gasteiger partial charge in [-0.3, -0.25) is 9.59 Å². The molecular formula is C11H13FN2O2. The molecule has 0 heterocycles. The molecule has 0 aliphatic heterocycles. The van der Waals surface area contributed by atoms with Gasteiger partial charge in [-0.2, -0.15) is 0 Å². The number of hydrogen-bond donors (Lipinski definition) is 2. The number of rotatable bonds is 4. The van der Waals surface area contributed by atoms with E-state index in [0.29, 0.717) is 12.1 Å². The average molecular weight is 224 g/mol. The van der Waals surface area contributed by atoms with Crippen molar-refractivity contribution in [2.45, 2.75) is 13.3 Å². The predicted molar refractivity (Wildman–Crippen MR) is 58.3 cm³/mol. The highest BCUT2D eigenvalue weighted by atomic mass is 19.1. The fourth-order valence-electron chi connectivity index (χ4n) is 1.04. The Balaban J connectivity index is 2.40. The molecule has 0 aromatic heterocycles. The highest BCUT2D eigenvalue weighted by molar-refractivity contribution is 5.94. The van der Waals surface area contributed by atoms with Crippen molar-refractivity contribution >= 4 is 17.5 Å². The molecule has 1 aromatic carbocycles. The van der Waals surface area contributed by atoms with Crippen LogP contribution in [0.15, 0.2) is 24.3 Å². The van der Waals surface area contributed by atoms with Crippen molar-refractivity contribution in [3.63, 3.8) is 0 Å². The van der Waals surface area contributed by atoms with Crippen LogP contribution in [0, 0.1) is 5.82 Å². The fraction of sp³-hybridized carbons (Fsp3) is 0.273. The SMILES string of the molecule is CCC(=O)NCC(=O)Nc1ccc(F)cc1. The Morgan fingerprint density at radius 3 is 2.38 bits per heavy atom. The van der Waals surface area contributed by atoms with E-state index in [-0.39, 0.29) is 24.2 Å². The van der Waals surface area contributed by atoms with Gasteiger partial charge >= 0.3 is 0 Å². The monoisotopic (exact) mass is 224 g/mol. The van der Waals surface area contributed by atoms with Crippen molar-refractivity contribution in [1.82, 2.24) is 5.32 Å². The van der Waals surface area contributed by atoms with E-state index in [2.05, 4.69) is 10.6 Å². The molecule has 4 nitrogen and oxygen atoms in total. The molecular weight excluding hydrogens is 211 g/mol. The van der Waals surface area contributed by atoms with E-state index < -0.39 is 0 Å². The number of benzene rings is 1. The van der Waals surface area contributed by atoms with Gasteiger partial charge in [0.05, 0.1) is 6.54 Å². The van der Waals surface area contributed by atoms with Crippen molar-refractivity contribution in [2.75, 3.05) is 11.9 Å². The third kappa shape index (κ3) is 4.08. The average Bonchev–Trinajstić information content (AvgIpc) is 2.29. The summed E-state index contributed by atoms with van der Waals surface area (Å²) in [5.74, 6) is -0.889. The minimum atomic E-state index is -0.364. The Bertz CT molecular complexity index is 376. The van der Waals surface area contributed by atoms with Gasteiger partial charge in [0.15, 0.2) is 0 Å². The zero-order chi connectivity index (χ0) is 12.0. The molecule has 0 bridgehead atoms. The number of hydrogen-bond acceptors (Lipinski definition) is 2. The van der Waals surface area contributed by atoms with E-state index in [0.717, 1.165) is 0 Å². The maximum absolute atomic E-state index is 12.6. The summed E-state index contributed by atoms with van der Waals surface area (Å²) in [5, 5.41) is 4.97. The van der Waals surface area contributed by atoms with Gasteiger partial charge in [0.2, 0.25) is 11.8 Å². The van der Waals surface area contributed by atoms with Crippen molar-refractivity contribution in [3.05, 3.63) is 30.1 Å². The summed E-state index contributed by atoms with van der Waals surface area (Å²) >= 11 is 0. The van der Waals surface area contributed by atoms with Crippen LogP contribution in [0.4, 0.5) is 10.1 Å². The predicted octanol–water partition coefficient (Wildman–Crippen LogP) is 1.29. The summed E-state index contributed by atoms with van der Waals surface area (Å²) in [6.07, 6.45) is 0.337. The van der Waals surface area contributed by atoms with E-state index in [9.17, 15) is 14.0 Å². The topological polar surface area (TPSA) is 58.2 Å². The van der Waals surface area contributed by atoms with Crippen LogP contribution >= 0.6 is 0 Å². The lowest BCUT2D eigenvalue weighted by Gasteiger charge is -2.05. The van der Waals surface area contributed by atoms with E-state index in [4.69, 9.17) is 0 Å². The van der Waals surface area contributed by atoms with Crippen LogP contribution < -0.4 is 10.6 Å². The van der Waals surface area contributed by atoms with Crippen LogP contribution in [0.1, 0.15) is 13.3 Å². The Morgan fingerprint density at radius 2 is 1.81 bits per heavy atom. The largest absolute Gasteiger partial charge is 0.347 e. The van der Waals surface area contributed by atoms with E-state index in [1.807, 2.05) is 0 Å². The van der Waals surface area contributed by atoms with Gasteiger partial charge in [-0.1, -0.05) is 6.92 Å². The summed E-state index contributed by atoms with van der Waals surface area (Å²) in [4.78, 5) is 22.2. The lowest BCUT2D eigenvalue weighted by molar-refractivity contribution is -0.123. The molecule has 0 saturated carbocycles. The number of carbonyl (C=O) groups is 2. The zero-order valence-corrected chi connectivity index (χ0v) is 8.92. The normalized spacial score (nSPS) is 9.62. The third-order valence-electron chi connectivity index (χ3n) is 1.90. The van der Waals surface area contributed by atoms with Crippen LogP contribution in [-0.2, 0) is 9.59 Å². The summed E-state index contributed by atoms with van der Waals surface area (Å²) < 4.78 is 12.6. The first-order valence-corrected chi connectivity index (χ1v) is 4.94. The maximum atomic E-state index is 12.6. The maximum Gasteiger partial charge on any atom is 0.243 e.